The van der Waals surface area contributed by atoms with Gasteiger partial charge in [0.2, 0.25) is 0 Å². The second-order valence-electron chi connectivity index (χ2n) is 3.29. The number of hydrogen-bond acceptors (Lipinski definition) is 3. The van der Waals surface area contributed by atoms with Crippen LogP contribution in [0.3, 0.4) is 0 Å². The van der Waals surface area contributed by atoms with E-state index >= 15 is 0 Å². The number of benzene rings is 1. The van der Waals surface area contributed by atoms with E-state index in [0.717, 1.165) is 0 Å². The van der Waals surface area contributed by atoms with Gasteiger partial charge in [-0.2, -0.15) is 0 Å². The Balaban J connectivity index is 2.97. The molecule has 1 aromatic carbocycles. The molecule has 86 valence electrons. The van der Waals surface area contributed by atoms with Crippen LogP contribution in [-0.4, -0.2) is 34.8 Å². The fourth-order valence-corrected chi connectivity index (χ4v) is 1.48. The highest BCUT2D eigenvalue weighted by atomic mass is 16.4. The van der Waals surface area contributed by atoms with Crippen LogP contribution >= 0.6 is 0 Å². The molecule has 1 rings (SSSR count). The molecule has 0 aliphatic heterocycles. The van der Waals surface area contributed by atoms with E-state index in [1.54, 1.807) is 29.2 Å². The molecule has 0 fully saturated rings. The Labute approximate surface area is 95.2 Å². The molecular weight excluding hydrogens is 204 g/mol. The first-order valence-corrected chi connectivity index (χ1v) is 5.31. The van der Waals surface area contributed by atoms with Gasteiger partial charge < -0.3 is 10.1 Å². The Morgan fingerprint density at radius 2 is 1.81 bits per heavy atom. The van der Waals surface area contributed by atoms with Crippen LogP contribution in [0.25, 0.3) is 0 Å². The molecule has 0 saturated carbocycles. The summed E-state index contributed by atoms with van der Waals surface area (Å²) in [5, 5.41) is 12.0. The predicted molar refractivity (Wildman–Crippen MR) is 62.7 cm³/mol. The zero-order chi connectivity index (χ0) is 12.0. The molecule has 0 heterocycles. The molecule has 0 unspecified atom stereocenters. The maximum atomic E-state index is 12.0. The maximum absolute atomic E-state index is 12.0. The lowest BCUT2D eigenvalue weighted by molar-refractivity contribution is -0.123. The molecule has 0 aliphatic carbocycles. The average molecular weight is 220 g/mol. The van der Waals surface area contributed by atoms with E-state index in [0.29, 0.717) is 18.7 Å². The molecule has 0 saturated heterocycles. The van der Waals surface area contributed by atoms with Gasteiger partial charge in [-0.15, -0.1) is 0 Å². The number of amides is 1. The summed E-state index contributed by atoms with van der Waals surface area (Å²) in [6.45, 7) is 4.98. The normalized spacial score (nSPS) is 11.2. The van der Waals surface area contributed by atoms with Gasteiger partial charge in [-0.3, -0.25) is 4.79 Å². The predicted octanol–water partition coefficient (Wildman–Crippen LogP) is 1.73. The fraction of sp³-hybridized carbons (Fsp3) is 0.333. The van der Waals surface area contributed by atoms with Crippen LogP contribution in [0.2, 0.25) is 0 Å². The van der Waals surface area contributed by atoms with Gasteiger partial charge in [0, 0.05) is 18.7 Å². The molecule has 0 radical (unpaired) electrons. The molecular formula is C12H16N2O2. The van der Waals surface area contributed by atoms with E-state index in [-0.39, 0.29) is 11.6 Å². The third-order valence-corrected chi connectivity index (χ3v) is 2.40. The molecule has 1 amide bonds. The minimum absolute atomic E-state index is 0.0873. The van der Waals surface area contributed by atoms with E-state index in [2.05, 4.69) is 5.16 Å². The SMILES string of the molecule is CCN(CC)C(=O)/C(=N\O)c1ccccc1. The summed E-state index contributed by atoms with van der Waals surface area (Å²) in [4.78, 5) is 13.6. The van der Waals surface area contributed by atoms with Crippen molar-refractivity contribution in [2.24, 2.45) is 5.16 Å². The summed E-state index contributed by atoms with van der Waals surface area (Å²) in [6.07, 6.45) is 0. The van der Waals surface area contributed by atoms with Crippen molar-refractivity contribution in [3.63, 3.8) is 0 Å². The Kier molecular flexibility index (Phi) is 4.51. The number of rotatable bonds is 4. The first kappa shape index (κ1) is 12.2. The van der Waals surface area contributed by atoms with Crippen molar-refractivity contribution in [3.8, 4) is 0 Å². The van der Waals surface area contributed by atoms with Gasteiger partial charge >= 0.3 is 0 Å². The third kappa shape index (κ3) is 2.59. The number of hydrogen-bond donors (Lipinski definition) is 1. The Hall–Kier alpha value is -1.84. The summed E-state index contributed by atoms with van der Waals surface area (Å²) < 4.78 is 0. The zero-order valence-electron chi connectivity index (χ0n) is 9.55. The highest BCUT2D eigenvalue weighted by Crippen LogP contribution is 2.04. The highest BCUT2D eigenvalue weighted by Gasteiger charge is 2.19. The van der Waals surface area contributed by atoms with Crippen molar-refractivity contribution in [1.82, 2.24) is 4.90 Å². The minimum Gasteiger partial charge on any atom is -0.410 e. The highest BCUT2D eigenvalue weighted by molar-refractivity contribution is 6.45. The van der Waals surface area contributed by atoms with E-state index < -0.39 is 0 Å². The molecule has 4 heteroatoms. The fourth-order valence-electron chi connectivity index (χ4n) is 1.48. The van der Waals surface area contributed by atoms with Crippen LogP contribution in [0.4, 0.5) is 0 Å². The van der Waals surface area contributed by atoms with Gasteiger partial charge in [0.25, 0.3) is 5.91 Å². The number of likely N-dealkylation sites (N-methyl/N-ethyl adjacent to an activating group) is 1. The van der Waals surface area contributed by atoms with Gasteiger partial charge in [0.15, 0.2) is 5.71 Å². The molecule has 16 heavy (non-hydrogen) atoms. The van der Waals surface area contributed by atoms with E-state index in [9.17, 15) is 4.79 Å². The van der Waals surface area contributed by atoms with Gasteiger partial charge in [-0.25, -0.2) is 0 Å². The van der Waals surface area contributed by atoms with E-state index in [1.807, 2.05) is 19.9 Å². The van der Waals surface area contributed by atoms with Crippen molar-refractivity contribution in [3.05, 3.63) is 35.9 Å². The number of carbonyl (C=O) groups excluding carboxylic acids is 1. The van der Waals surface area contributed by atoms with Gasteiger partial charge in [0.05, 0.1) is 0 Å². The first-order chi connectivity index (χ1) is 7.74. The average Bonchev–Trinajstić information content (AvgIpc) is 2.33. The number of oxime groups is 1. The van der Waals surface area contributed by atoms with Crippen LogP contribution in [0.1, 0.15) is 19.4 Å². The molecule has 0 spiro atoms. The van der Waals surface area contributed by atoms with Crippen molar-refractivity contribution in [2.75, 3.05) is 13.1 Å². The molecule has 0 aromatic heterocycles. The van der Waals surface area contributed by atoms with Crippen LogP contribution in [0.15, 0.2) is 35.5 Å². The van der Waals surface area contributed by atoms with Crippen LogP contribution in [0, 0.1) is 0 Å². The lowest BCUT2D eigenvalue weighted by Gasteiger charge is -2.18. The smallest absolute Gasteiger partial charge is 0.276 e. The number of nitrogens with zero attached hydrogens (tertiary/aromatic N) is 2. The first-order valence-electron chi connectivity index (χ1n) is 5.31. The maximum Gasteiger partial charge on any atom is 0.276 e. The lowest BCUT2D eigenvalue weighted by Crippen LogP contribution is -2.36. The topological polar surface area (TPSA) is 52.9 Å². The summed E-state index contributed by atoms with van der Waals surface area (Å²) in [5.41, 5.74) is 0.714. The van der Waals surface area contributed by atoms with Gasteiger partial charge in [-0.05, 0) is 13.8 Å². The zero-order valence-corrected chi connectivity index (χ0v) is 9.55. The monoisotopic (exact) mass is 220 g/mol. The summed E-state index contributed by atoms with van der Waals surface area (Å²) in [6, 6.07) is 8.94. The van der Waals surface area contributed by atoms with E-state index in [4.69, 9.17) is 5.21 Å². The minimum atomic E-state index is -0.251. The standard InChI is InChI=1S/C12H16N2O2/c1-3-14(4-2)12(15)11(13-16)10-8-6-5-7-9-10/h5-9,16H,3-4H2,1-2H3/b13-11-. The summed E-state index contributed by atoms with van der Waals surface area (Å²) in [7, 11) is 0. The van der Waals surface area contributed by atoms with Gasteiger partial charge in [-0.1, -0.05) is 35.5 Å². The largest absolute Gasteiger partial charge is 0.410 e. The third-order valence-electron chi connectivity index (χ3n) is 2.40. The lowest BCUT2D eigenvalue weighted by atomic mass is 10.1. The van der Waals surface area contributed by atoms with Crippen LogP contribution in [0.5, 0.6) is 0 Å². The van der Waals surface area contributed by atoms with Gasteiger partial charge in [0.1, 0.15) is 0 Å². The van der Waals surface area contributed by atoms with Crippen molar-refractivity contribution in [2.45, 2.75) is 13.8 Å². The molecule has 0 atom stereocenters. The Morgan fingerprint density at radius 1 is 1.25 bits per heavy atom. The van der Waals surface area contributed by atoms with Crippen molar-refractivity contribution >= 4 is 11.6 Å². The van der Waals surface area contributed by atoms with Crippen molar-refractivity contribution in [1.29, 1.82) is 0 Å². The molecule has 1 N–H and O–H groups in total. The molecule has 4 nitrogen and oxygen atoms in total. The quantitative estimate of drug-likeness (QED) is 0.477. The molecule has 0 aliphatic rings. The summed E-state index contributed by atoms with van der Waals surface area (Å²) >= 11 is 0. The Morgan fingerprint density at radius 3 is 2.25 bits per heavy atom. The number of carbonyl (C=O) groups is 1. The molecule has 1 aromatic rings. The van der Waals surface area contributed by atoms with Crippen LogP contribution < -0.4 is 0 Å². The second-order valence-corrected chi connectivity index (χ2v) is 3.29. The Bertz CT molecular complexity index is 370. The van der Waals surface area contributed by atoms with E-state index in [1.165, 1.54) is 0 Å². The summed E-state index contributed by atoms with van der Waals surface area (Å²) in [5.74, 6) is -0.251. The van der Waals surface area contributed by atoms with Crippen LogP contribution in [-0.2, 0) is 4.79 Å². The van der Waals surface area contributed by atoms with Crippen molar-refractivity contribution < 1.29 is 10.0 Å². The second kappa shape index (κ2) is 5.90. The molecule has 0 bridgehead atoms.